The third-order valence-electron chi connectivity index (χ3n) is 5.23. The lowest BCUT2D eigenvalue weighted by molar-refractivity contribution is -0.139. The number of nitrogens with one attached hydrogen (secondary N) is 1. The van der Waals surface area contributed by atoms with E-state index in [1.807, 2.05) is 30.5 Å². The predicted octanol–water partition coefficient (Wildman–Crippen LogP) is 3.80. The van der Waals surface area contributed by atoms with E-state index < -0.39 is 5.60 Å². The SMILES string of the molecule is O=C(Cc1c[nH]c2ccccc12)N1CCCC(O)(COc2cccc(Cl)c2)C1. The summed E-state index contributed by atoms with van der Waals surface area (Å²) < 4.78 is 5.74. The molecule has 2 heterocycles. The molecule has 0 saturated carbocycles. The first-order valence-electron chi connectivity index (χ1n) is 9.46. The molecule has 1 saturated heterocycles. The summed E-state index contributed by atoms with van der Waals surface area (Å²) in [7, 11) is 0. The molecule has 0 bridgehead atoms. The fourth-order valence-electron chi connectivity index (χ4n) is 3.77. The molecule has 146 valence electrons. The van der Waals surface area contributed by atoms with Gasteiger partial charge in [0.15, 0.2) is 0 Å². The van der Waals surface area contributed by atoms with Gasteiger partial charge in [0, 0.05) is 28.7 Å². The summed E-state index contributed by atoms with van der Waals surface area (Å²) in [6, 6.07) is 15.0. The number of nitrogens with zero attached hydrogens (tertiary/aromatic N) is 1. The van der Waals surface area contributed by atoms with Gasteiger partial charge in [-0.3, -0.25) is 4.79 Å². The zero-order valence-corrected chi connectivity index (χ0v) is 16.3. The van der Waals surface area contributed by atoms with Crippen LogP contribution < -0.4 is 4.74 Å². The predicted molar refractivity (Wildman–Crippen MR) is 110 cm³/mol. The quantitative estimate of drug-likeness (QED) is 0.687. The van der Waals surface area contributed by atoms with Crippen LogP contribution in [0.25, 0.3) is 10.9 Å². The molecule has 1 aromatic heterocycles. The van der Waals surface area contributed by atoms with E-state index in [0.29, 0.717) is 30.2 Å². The number of likely N-dealkylation sites (tertiary alicyclic amines) is 1. The molecule has 1 fully saturated rings. The van der Waals surface area contributed by atoms with Gasteiger partial charge in [-0.05, 0) is 42.7 Å². The number of aromatic nitrogens is 1. The molecule has 0 radical (unpaired) electrons. The number of amides is 1. The number of rotatable bonds is 5. The van der Waals surface area contributed by atoms with Gasteiger partial charge in [-0.25, -0.2) is 0 Å². The molecule has 1 amide bonds. The summed E-state index contributed by atoms with van der Waals surface area (Å²) in [6.45, 7) is 1.06. The Labute approximate surface area is 168 Å². The van der Waals surface area contributed by atoms with Crippen LogP contribution in [0.4, 0.5) is 0 Å². The van der Waals surface area contributed by atoms with E-state index in [0.717, 1.165) is 22.9 Å². The van der Waals surface area contributed by atoms with Crippen LogP contribution >= 0.6 is 11.6 Å². The second-order valence-electron chi connectivity index (χ2n) is 7.43. The van der Waals surface area contributed by atoms with Gasteiger partial charge in [0.1, 0.15) is 18.0 Å². The van der Waals surface area contributed by atoms with Gasteiger partial charge >= 0.3 is 0 Å². The zero-order chi connectivity index (χ0) is 19.6. The van der Waals surface area contributed by atoms with Gasteiger partial charge in [-0.2, -0.15) is 0 Å². The second kappa shape index (κ2) is 7.86. The summed E-state index contributed by atoms with van der Waals surface area (Å²) in [5.41, 5.74) is 0.941. The molecular formula is C22H23ClN2O3. The number of ether oxygens (including phenoxy) is 1. The van der Waals surface area contributed by atoms with Crippen molar-refractivity contribution in [3.63, 3.8) is 0 Å². The summed E-state index contributed by atoms with van der Waals surface area (Å²) >= 11 is 5.98. The normalized spacial score (nSPS) is 19.7. The Hall–Kier alpha value is -2.50. The lowest BCUT2D eigenvalue weighted by Gasteiger charge is -2.39. The second-order valence-corrected chi connectivity index (χ2v) is 7.86. The molecule has 0 spiro atoms. The molecule has 1 aliphatic rings. The number of aromatic amines is 1. The van der Waals surface area contributed by atoms with Gasteiger partial charge < -0.3 is 19.7 Å². The molecule has 4 rings (SSSR count). The highest BCUT2D eigenvalue weighted by atomic mass is 35.5. The van der Waals surface area contributed by atoms with E-state index in [-0.39, 0.29) is 19.1 Å². The van der Waals surface area contributed by atoms with E-state index in [9.17, 15) is 9.90 Å². The number of halogens is 1. The van der Waals surface area contributed by atoms with Gasteiger partial charge in [0.2, 0.25) is 5.91 Å². The number of carbonyl (C=O) groups excluding carboxylic acids is 1. The molecular weight excluding hydrogens is 376 g/mol. The smallest absolute Gasteiger partial charge is 0.227 e. The number of benzene rings is 2. The Morgan fingerprint density at radius 1 is 1.25 bits per heavy atom. The zero-order valence-electron chi connectivity index (χ0n) is 15.5. The fourth-order valence-corrected chi connectivity index (χ4v) is 3.95. The molecule has 3 aromatic rings. The summed E-state index contributed by atoms with van der Waals surface area (Å²) in [4.78, 5) is 17.8. The highest BCUT2D eigenvalue weighted by molar-refractivity contribution is 6.30. The lowest BCUT2D eigenvalue weighted by atomic mass is 9.93. The first kappa shape index (κ1) is 18.8. The number of H-pyrrole nitrogens is 1. The van der Waals surface area contributed by atoms with Crippen LogP contribution in [0, 0.1) is 0 Å². The highest BCUT2D eigenvalue weighted by Gasteiger charge is 2.36. The van der Waals surface area contributed by atoms with Gasteiger partial charge in [-0.15, -0.1) is 0 Å². The first-order chi connectivity index (χ1) is 13.5. The van der Waals surface area contributed by atoms with Crippen molar-refractivity contribution in [1.82, 2.24) is 9.88 Å². The highest BCUT2D eigenvalue weighted by Crippen LogP contribution is 2.25. The Kier molecular flexibility index (Phi) is 5.29. The standard InChI is InChI=1S/C22H23ClN2O3/c23-17-5-3-6-18(12-17)28-15-22(27)9-4-10-25(14-22)21(26)11-16-13-24-20-8-2-1-7-19(16)20/h1-3,5-8,12-13,24,27H,4,9-11,14-15H2. The van der Waals surface area contributed by atoms with Gasteiger partial charge in [-0.1, -0.05) is 35.9 Å². The van der Waals surface area contributed by atoms with E-state index in [4.69, 9.17) is 16.3 Å². The van der Waals surface area contributed by atoms with Crippen molar-refractivity contribution in [1.29, 1.82) is 0 Å². The average Bonchev–Trinajstić information content (AvgIpc) is 3.10. The van der Waals surface area contributed by atoms with E-state index in [2.05, 4.69) is 4.98 Å². The Balaban J connectivity index is 1.40. The Morgan fingerprint density at radius 2 is 2.11 bits per heavy atom. The number of para-hydroxylation sites is 1. The molecule has 28 heavy (non-hydrogen) atoms. The van der Waals surface area contributed by atoms with E-state index in [1.165, 1.54) is 0 Å². The van der Waals surface area contributed by atoms with Crippen molar-refractivity contribution < 1.29 is 14.6 Å². The third kappa shape index (κ3) is 4.16. The largest absolute Gasteiger partial charge is 0.490 e. The number of piperidine rings is 1. The minimum Gasteiger partial charge on any atom is -0.490 e. The summed E-state index contributed by atoms with van der Waals surface area (Å²) in [6.07, 6.45) is 3.55. The molecule has 1 atom stereocenters. The topological polar surface area (TPSA) is 65.6 Å². The number of hydrogen-bond acceptors (Lipinski definition) is 3. The molecule has 5 nitrogen and oxygen atoms in total. The molecule has 0 aliphatic carbocycles. The fraction of sp³-hybridized carbons (Fsp3) is 0.318. The maximum absolute atomic E-state index is 12.9. The third-order valence-corrected chi connectivity index (χ3v) is 5.46. The Bertz CT molecular complexity index is 987. The van der Waals surface area contributed by atoms with Crippen molar-refractivity contribution in [3.05, 3.63) is 65.3 Å². The van der Waals surface area contributed by atoms with Crippen molar-refractivity contribution in [2.45, 2.75) is 24.9 Å². The number of fused-ring (bicyclic) bond motifs is 1. The number of carbonyl (C=O) groups is 1. The molecule has 1 unspecified atom stereocenters. The van der Waals surface area contributed by atoms with Crippen molar-refractivity contribution >= 4 is 28.4 Å². The molecule has 2 N–H and O–H groups in total. The van der Waals surface area contributed by atoms with Crippen LogP contribution in [0.15, 0.2) is 54.7 Å². The van der Waals surface area contributed by atoms with E-state index >= 15 is 0 Å². The summed E-state index contributed by atoms with van der Waals surface area (Å²) in [5, 5.41) is 12.6. The number of aliphatic hydroxyl groups is 1. The van der Waals surface area contributed by atoms with E-state index in [1.54, 1.807) is 29.2 Å². The van der Waals surface area contributed by atoms with Crippen LogP contribution in [0.1, 0.15) is 18.4 Å². The van der Waals surface area contributed by atoms with Crippen LogP contribution in [0.3, 0.4) is 0 Å². The molecule has 6 heteroatoms. The maximum Gasteiger partial charge on any atom is 0.227 e. The van der Waals surface area contributed by atoms with Crippen molar-refractivity contribution in [3.8, 4) is 5.75 Å². The van der Waals surface area contributed by atoms with Crippen LogP contribution in [-0.4, -0.2) is 46.2 Å². The summed E-state index contributed by atoms with van der Waals surface area (Å²) in [5.74, 6) is 0.633. The minimum atomic E-state index is -1.06. The Morgan fingerprint density at radius 3 is 2.96 bits per heavy atom. The van der Waals surface area contributed by atoms with Crippen molar-refractivity contribution in [2.24, 2.45) is 0 Å². The first-order valence-corrected chi connectivity index (χ1v) is 9.84. The average molecular weight is 399 g/mol. The minimum absolute atomic E-state index is 0.0191. The monoisotopic (exact) mass is 398 g/mol. The lowest BCUT2D eigenvalue weighted by Crippen LogP contribution is -2.53. The molecule has 2 aromatic carbocycles. The van der Waals surface area contributed by atoms with Gasteiger partial charge in [0.05, 0.1) is 13.0 Å². The molecule has 1 aliphatic heterocycles. The van der Waals surface area contributed by atoms with Crippen LogP contribution in [0.5, 0.6) is 5.75 Å². The number of hydrogen-bond donors (Lipinski definition) is 2. The van der Waals surface area contributed by atoms with Gasteiger partial charge in [0.25, 0.3) is 0 Å². The van der Waals surface area contributed by atoms with Crippen LogP contribution in [0.2, 0.25) is 5.02 Å². The maximum atomic E-state index is 12.9. The van der Waals surface area contributed by atoms with Crippen molar-refractivity contribution in [2.75, 3.05) is 19.7 Å². The van der Waals surface area contributed by atoms with Crippen LogP contribution in [-0.2, 0) is 11.2 Å². The number of β-amino-alcohol motifs (C(OH)–C–C–N with tert-alkyl or cyclic N) is 1.